The van der Waals surface area contributed by atoms with Crippen molar-refractivity contribution in [2.75, 3.05) is 10.5 Å². The summed E-state index contributed by atoms with van der Waals surface area (Å²) in [6.45, 7) is 0. The van der Waals surface area contributed by atoms with Gasteiger partial charge in [0.1, 0.15) is 0 Å². The Balaban J connectivity index is 2.49. The van der Waals surface area contributed by atoms with Crippen LogP contribution < -0.4 is 10.5 Å². The molecule has 1 aromatic heterocycles. The van der Waals surface area contributed by atoms with Gasteiger partial charge in [-0.2, -0.15) is 8.42 Å². The normalized spacial score (nSPS) is 11.5. The van der Waals surface area contributed by atoms with Crippen LogP contribution in [0.25, 0.3) is 0 Å². The minimum absolute atomic E-state index is 0.0989. The van der Waals surface area contributed by atoms with Gasteiger partial charge >= 0.3 is 0 Å². The van der Waals surface area contributed by atoms with Crippen LogP contribution in [0.3, 0.4) is 0 Å². The first kappa shape index (κ1) is 14.0. The summed E-state index contributed by atoms with van der Waals surface area (Å²) in [6, 6.07) is 4.66. The first-order valence-corrected chi connectivity index (χ1v) is 7.30. The number of aryl methyl sites for hydroxylation is 1. The fourth-order valence-electron chi connectivity index (χ4n) is 1.54. The first-order valence-electron chi connectivity index (χ1n) is 5.06. The van der Waals surface area contributed by atoms with Crippen LogP contribution in [-0.2, 0) is 17.1 Å². The Morgan fingerprint density at radius 1 is 1.32 bits per heavy atom. The Morgan fingerprint density at radius 2 is 1.89 bits per heavy atom. The van der Waals surface area contributed by atoms with Gasteiger partial charge in [-0.15, -0.1) is 0 Å². The number of nitrogens with two attached hydrogens (primary N) is 1. The summed E-state index contributed by atoms with van der Waals surface area (Å²) in [7, 11) is -2.40. The minimum atomic E-state index is -3.92. The monoisotopic (exact) mass is 320 g/mol. The zero-order valence-corrected chi connectivity index (χ0v) is 12.1. The second-order valence-corrected chi connectivity index (χ2v) is 6.16. The SMILES string of the molecule is Cn1cnc(N)c1S(=O)(=O)Nc1c(Cl)cccc1Cl. The molecule has 1 heterocycles. The van der Waals surface area contributed by atoms with Gasteiger partial charge in [0.15, 0.2) is 10.8 Å². The van der Waals surface area contributed by atoms with Gasteiger partial charge in [0.2, 0.25) is 0 Å². The molecule has 0 bridgehead atoms. The molecule has 0 saturated heterocycles. The van der Waals surface area contributed by atoms with E-state index < -0.39 is 10.0 Å². The highest BCUT2D eigenvalue weighted by molar-refractivity contribution is 7.92. The van der Waals surface area contributed by atoms with Crippen molar-refractivity contribution >= 4 is 44.7 Å². The van der Waals surface area contributed by atoms with E-state index in [1.165, 1.54) is 30.1 Å². The fraction of sp³-hybridized carbons (Fsp3) is 0.100. The summed E-state index contributed by atoms with van der Waals surface area (Å²) in [6.07, 6.45) is 1.30. The van der Waals surface area contributed by atoms with E-state index in [4.69, 9.17) is 28.9 Å². The molecular formula is C10H10Cl2N4O2S. The lowest BCUT2D eigenvalue weighted by molar-refractivity contribution is 0.592. The van der Waals surface area contributed by atoms with Crippen LogP contribution >= 0.6 is 23.2 Å². The van der Waals surface area contributed by atoms with Crippen molar-refractivity contribution in [1.29, 1.82) is 0 Å². The number of nitrogen functional groups attached to an aromatic ring is 1. The maximum absolute atomic E-state index is 12.2. The van der Waals surface area contributed by atoms with Gasteiger partial charge in [0, 0.05) is 7.05 Å². The quantitative estimate of drug-likeness (QED) is 0.906. The number of sulfonamides is 1. The van der Waals surface area contributed by atoms with Gasteiger partial charge < -0.3 is 10.3 Å². The molecule has 1 aromatic carbocycles. The van der Waals surface area contributed by atoms with Crippen LogP contribution in [0, 0.1) is 0 Å². The number of nitrogens with one attached hydrogen (secondary N) is 1. The fourth-order valence-corrected chi connectivity index (χ4v) is 3.49. The van der Waals surface area contributed by atoms with Gasteiger partial charge in [-0.05, 0) is 12.1 Å². The number of para-hydroxylation sites is 1. The largest absolute Gasteiger partial charge is 0.381 e. The number of hydrogen-bond acceptors (Lipinski definition) is 4. The summed E-state index contributed by atoms with van der Waals surface area (Å²) >= 11 is 11.8. The highest BCUT2D eigenvalue weighted by Gasteiger charge is 2.24. The minimum Gasteiger partial charge on any atom is -0.381 e. The topological polar surface area (TPSA) is 90.0 Å². The van der Waals surface area contributed by atoms with E-state index in [1.54, 1.807) is 6.07 Å². The molecule has 0 unspecified atom stereocenters. The molecule has 6 nitrogen and oxygen atoms in total. The average molecular weight is 321 g/mol. The Morgan fingerprint density at radius 3 is 2.37 bits per heavy atom. The Hall–Kier alpha value is -1.44. The number of nitrogens with zero attached hydrogens (tertiary/aromatic N) is 2. The molecule has 102 valence electrons. The highest BCUT2D eigenvalue weighted by atomic mass is 35.5. The summed E-state index contributed by atoms with van der Waals surface area (Å²) in [4.78, 5) is 3.72. The standard InChI is InChI=1S/C10H10Cl2N4O2S/c1-16-5-14-9(13)10(16)19(17,18)15-8-6(11)3-2-4-7(8)12/h2-5,15H,13H2,1H3. The van der Waals surface area contributed by atoms with Crippen molar-refractivity contribution in [3.63, 3.8) is 0 Å². The van der Waals surface area contributed by atoms with Crippen LogP contribution in [0.2, 0.25) is 10.0 Å². The number of imidazole rings is 1. The molecule has 0 atom stereocenters. The molecule has 0 fully saturated rings. The van der Waals surface area contributed by atoms with E-state index in [2.05, 4.69) is 9.71 Å². The maximum Gasteiger partial charge on any atom is 0.281 e. The second-order valence-electron chi connectivity index (χ2n) is 3.75. The summed E-state index contributed by atoms with van der Waals surface area (Å²) in [5.41, 5.74) is 5.64. The van der Waals surface area contributed by atoms with E-state index in [-0.39, 0.29) is 26.6 Å². The van der Waals surface area contributed by atoms with Gasteiger partial charge in [0.05, 0.1) is 22.1 Å². The van der Waals surface area contributed by atoms with Crippen molar-refractivity contribution in [3.05, 3.63) is 34.6 Å². The third kappa shape index (κ3) is 2.63. The Bertz CT molecular complexity index is 687. The molecule has 2 aromatic rings. The van der Waals surface area contributed by atoms with Crippen molar-refractivity contribution in [2.45, 2.75) is 5.03 Å². The highest BCUT2D eigenvalue weighted by Crippen LogP contribution is 2.32. The second kappa shape index (κ2) is 4.92. The summed E-state index contributed by atoms with van der Waals surface area (Å²) < 4.78 is 28.1. The van der Waals surface area contributed by atoms with Crippen LogP contribution in [-0.4, -0.2) is 18.0 Å². The third-order valence-electron chi connectivity index (χ3n) is 2.36. The van der Waals surface area contributed by atoms with Crippen molar-refractivity contribution < 1.29 is 8.42 Å². The van der Waals surface area contributed by atoms with E-state index >= 15 is 0 Å². The molecule has 0 aliphatic heterocycles. The van der Waals surface area contributed by atoms with E-state index in [1.807, 2.05) is 0 Å². The van der Waals surface area contributed by atoms with E-state index in [0.29, 0.717) is 0 Å². The third-order valence-corrected chi connectivity index (χ3v) is 4.47. The van der Waals surface area contributed by atoms with Crippen molar-refractivity contribution in [2.24, 2.45) is 7.05 Å². The Labute approximate surface area is 120 Å². The van der Waals surface area contributed by atoms with Gasteiger partial charge in [0.25, 0.3) is 10.0 Å². The zero-order valence-electron chi connectivity index (χ0n) is 9.76. The maximum atomic E-state index is 12.2. The zero-order chi connectivity index (χ0) is 14.2. The molecular weight excluding hydrogens is 311 g/mol. The van der Waals surface area contributed by atoms with E-state index in [0.717, 1.165) is 0 Å². The molecule has 2 rings (SSSR count). The van der Waals surface area contributed by atoms with Gasteiger partial charge in [-0.1, -0.05) is 29.3 Å². The number of benzene rings is 1. The number of rotatable bonds is 3. The molecule has 0 spiro atoms. The number of aromatic nitrogens is 2. The molecule has 19 heavy (non-hydrogen) atoms. The van der Waals surface area contributed by atoms with Crippen LogP contribution in [0.15, 0.2) is 29.6 Å². The molecule has 0 amide bonds. The van der Waals surface area contributed by atoms with Gasteiger partial charge in [-0.25, -0.2) is 4.98 Å². The Kier molecular flexibility index (Phi) is 3.62. The molecule has 0 aliphatic rings. The first-order chi connectivity index (χ1) is 8.83. The molecule has 9 heteroatoms. The van der Waals surface area contributed by atoms with Crippen LogP contribution in [0.5, 0.6) is 0 Å². The molecule has 0 aliphatic carbocycles. The van der Waals surface area contributed by atoms with E-state index in [9.17, 15) is 8.42 Å². The molecule has 0 saturated carbocycles. The molecule has 0 radical (unpaired) electrons. The number of halogens is 2. The van der Waals surface area contributed by atoms with Crippen LogP contribution in [0.4, 0.5) is 11.5 Å². The van der Waals surface area contributed by atoms with Crippen LogP contribution in [0.1, 0.15) is 0 Å². The predicted octanol–water partition coefficient (Wildman–Crippen LogP) is 2.11. The lowest BCUT2D eigenvalue weighted by atomic mass is 10.3. The predicted molar refractivity (Wildman–Crippen MR) is 74.9 cm³/mol. The molecule has 3 N–H and O–H groups in total. The van der Waals surface area contributed by atoms with Crippen molar-refractivity contribution in [1.82, 2.24) is 9.55 Å². The van der Waals surface area contributed by atoms with Gasteiger partial charge in [-0.3, -0.25) is 4.72 Å². The van der Waals surface area contributed by atoms with Crippen molar-refractivity contribution in [3.8, 4) is 0 Å². The average Bonchev–Trinajstić information content (AvgIpc) is 2.64. The smallest absolute Gasteiger partial charge is 0.281 e. The lowest BCUT2D eigenvalue weighted by Crippen LogP contribution is -2.18. The summed E-state index contributed by atoms with van der Waals surface area (Å²) in [5.74, 6) is -0.0989. The summed E-state index contributed by atoms with van der Waals surface area (Å²) in [5, 5.41) is 0.233. The number of hydrogen-bond donors (Lipinski definition) is 2. The number of anilines is 2. The lowest BCUT2D eigenvalue weighted by Gasteiger charge is -2.11.